The van der Waals surface area contributed by atoms with Gasteiger partial charge in [0.25, 0.3) is 17.7 Å². The van der Waals surface area contributed by atoms with Crippen LogP contribution in [0.2, 0.25) is 4.34 Å². The van der Waals surface area contributed by atoms with Gasteiger partial charge in [0, 0.05) is 31.7 Å². The van der Waals surface area contributed by atoms with Crippen LogP contribution in [0.5, 0.6) is 0 Å². The van der Waals surface area contributed by atoms with E-state index >= 15 is 0 Å². The van der Waals surface area contributed by atoms with Gasteiger partial charge in [-0.15, -0.1) is 11.3 Å². The molecule has 0 bridgehead atoms. The van der Waals surface area contributed by atoms with E-state index in [1.54, 1.807) is 24.3 Å². The lowest BCUT2D eigenvalue weighted by Crippen LogP contribution is -2.54. The van der Waals surface area contributed by atoms with Crippen LogP contribution in [0.15, 0.2) is 30.3 Å². The highest BCUT2D eigenvalue weighted by molar-refractivity contribution is 7.18. The van der Waals surface area contributed by atoms with Gasteiger partial charge in [0.1, 0.15) is 6.04 Å². The maximum Gasteiger partial charge on any atom is 0.262 e. The lowest BCUT2D eigenvalue weighted by Gasteiger charge is -2.33. The smallest absolute Gasteiger partial charge is 0.262 e. The largest absolute Gasteiger partial charge is 0.371 e. The number of nitrogens with zero attached hydrogens (tertiary/aromatic N) is 2. The lowest BCUT2D eigenvalue weighted by molar-refractivity contribution is -0.136. The molecule has 3 aliphatic rings. The minimum Gasteiger partial charge on any atom is -0.371 e. The summed E-state index contributed by atoms with van der Waals surface area (Å²) in [7, 11) is 0. The highest BCUT2D eigenvalue weighted by atomic mass is 35.5. The summed E-state index contributed by atoms with van der Waals surface area (Å²) in [5.74, 6) is -1.81. The number of rotatable bonds is 5. The second kappa shape index (κ2) is 9.43. The molecule has 1 unspecified atom stereocenters. The average Bonchev–Trinajstić information content (AvgIpc) is 3.39. The second-order valence-corrected chi connectivity index (χ2v) is 10.6. The van der Waals surface area contributed by atoms with E-state index < -0.39 is 29.7 Å². The van der Waals surface area contributed by atoms with Gasteiger partial charge in [0.05, 0.1) is 20.3 Å². The van der Waals surface area contributed by atoms with E-state index in [2.05, 4.69) is 15.5 Å². The Hall–Kier alpha value is -3.24. The molecule has 182 valence electrons. The number of piperidine rings is 2. The topological polar surface area (TPSA) is 116 Å². The van der Waals surface area contributed by atoms with Crippen molar-refractivity contribution in [2.75, 3.05) is 24.5 Å². The third kappa shape index (κ3) is 4.55. The number of benzene rings is 1. The van der Waals surface area contributed by atoms with Crippen LogP contribution in [0.3, 0.4) is 0 Å². The van der Waals surface area contributed by atoms with Crippen LogP contribution >= 0.6 is 22.9 Å². The van der Waals surface area contributed by atoms with Crippen LogP contribution in [0.4, 0.5) is 5.69 Å². The molecule has 2 saturated heterocycles. The first-order valence-corrected chi connectivity index (χ1v) is 12.7. The average molecular weight is 515 g/mol. The molecule has 0 saturated carbocycles. The van der Waals surface area contributed by atoms with Gasteiger partial charge >= 0.3 is 0 Å². The molecule has 0 aliphatic carbocycles. The second-order valence-electron chi connectivity index (χ2n) is 8.92. The Morgan fingerprint density at radius 2 is 1.77 bits per heavy atom. The number of thiophene rings is 1. The molecule has 2 N–H and O–H groups in total. The van der Waals surface area contributed by atoms with Crippen molar-refractivity contribution in [3.05, 3.63) is 50.7 Å². The molecule has 35 heavy (non-hydrogen) atoms. The summed E-state index contributed by atoms with van der Waals surface area (Å²) in [6, 6.07) is 7.62. The van der Waals surface area contributed by atoms with Crippen molar-refractivity contribution in [1.29, 1.82) is 0 Å². The molecule has 1 atom stereocenters. The van der Waals surface area contributed by atoms with Crippen LogP contribution in [-0.4, -0.2) is 60.1 Å². The number of nitrogens with one attached hydrogen (secondary N) is 2. The number of amides is 5. The fourth-order valence-corrected chi connectivity index (χ4v) is 5.77. The fraction of sp³-hybridized carbons (Fsp3) is 0.375. The number of anilines is 1. The van der Waals surface area contributed by atoms with E-state index in [1.165, 1.54) is 11.3 Å². The molecule has 2 aromatic rings. The van der Waals surface area contributed by atoms with E-state index in [-0.39, 0.29) is 29.9 Å². The Balaban J connectivity index is 1.20. The summed E-state index contributed by atoms with van der Waals surface area (Å²) in [6.45, 7) is 2.09. The SMILES string of the molecule is O=C1CCC(N2C(=O)c3ccc(N4CCC(CNC(=O)c5ccc(Cl)s5)CC4)cc3C2=O)C(=O)N1. The zero-order valence-corrected chi connectivity index (χ0v) is 20.3. The van der Waals surface area contributed by atoms with Gasteiger partial charge in [0.15, 0.2) is 0 Å². The third-order valence-corrected chi connectivity index (χ3v) is 7.98. The summed E-state index contributed by atoms with van der Waals surface area (Å²) in [4.78, 5) is 65.6. The molecule has 9 nitrogen and oxygen atoms in total. The van der Waals surface area contributed by atoms with Gasteiger partial charge in [-0.2, -0.15) is 0 Å². The maximum atomic E-state index is 13.1. The third-order valence-electron chi connectivity index (χ3n) is 6.75. The van der Waals surface area contributed by atoms with E-state index in [1.807, 2.05) is 6.07 Å². The van der Waals surface area contributed by atoms with Crippen molar-refractivity contribution >= 4 is 58.2 Å². The highest BCUT2D eigenvalue weighted by Crippen LogP contribution is 2.32. The van der Waals surface area contributed by atoms with E-state index in [0.717, 1.165) is 36.5 Å². The molecule has 2 fully saturated rings. The van der Waals surface area contributed by atoms with Gasteiger partial charge in [-0.25, -0.2) is 0 Å². The van der Waals surface area contributed by atoms with E-state index in [0.29, 0.717) is 21.7 Å². The Labute approximate surface area is 210 Å². The summed E-state index contributed by atoms with van der Waals surface area (Å²) in [5, 5.41) is 5.18. The standard InChI is InChI=1S/C24H23ClN4O5S/c25-19-5-4-18(35-19)22(32)26-12-13-7-9-28(10-8-13)14-1-2-15-16(11-14)24(34)29(23(15)33)17-3-6-20(30)27-21(17)31/h1-2,4-5,11,13,17H,3,6-10,12H2,(H,26,32)(H,27,30,31). The van der Waals surface area contributed by atoms with Crippen LogP contribution in [0.25, 0.3) is 0 Å². The number of hydrogen-bond donors (Lipinski definition) is 2. The minimum atomic E-state index is -0.972. The van der Waals surface area contributed by atoms with Crippen molar-refractivity contribution in [3.8, 4) is 0 Å². The quantitative estimate of drug-likeness (QED) is 0.592. The number of carbonyl (C=O) groups excluding carboxylic acids is 5. The van der Waals surface area contributed by atoms with Gasteiger partial charge in [-0.05, 0) is 55.5 Å². The lowest BCUT2D eigenvalue weighted by atomic mass is 9.96. The zero-order chi connectivity index (χ0) is 24.7. The van der Waals surface area contributed by atoms with E-state index in [9.17, 15) is 24.0 Å². The van der Waals surface area contributed by atoms with Crippen molar-refractivity contribution in [2.45, 2.75) is 31.7 Å². The first-order chi connectivity index (χ1) is 16.8. The van der Waals surface area contributed by atoms with Crippen LogP contribution in [0, 0.1) is 5.92 Å². The Bertz CT molecular complexity index is 1240. The Kier molecular flexibility index (Phi) is 6.33. The summed E-state index contributed by atoms with van der Waals surface area (Å²) in [5.41, 5.74) is 1.39. The number of carbonyl (C=O) groups is 5. The van der Waals surface area contributed by atoms with E-state index in [4.69, 9.17) is 11.6 Å². The number of imide groups is 2. The normalized spacial score (nSPS) is 20.8. The predicted octanol–water partition coefficient (Wildman–Crippen LogP) is 2.45. The molecule has 3 aliphatic heterocycles. The van der Waals surface area contributed by atoms with Crippen LogP contribution < -0.4 is 15.5 Å². The molecule has 5 amide bonds. The van der Waals surface area contributed by atoms with Gasteiger partial charge in [0.2, 0.25) is 11.8 Å². The summed E-state index contributed by atoms with van der Waals surface area (Å²) >= 11 is 7.15. The van der Waals surface area contributed by atoms with Crippen molar-refractivity contribution in [2.24, 2.45) is 5.92 Å². The van der Waals surface area contributed by atoms with Gasteiger partial charge < -0.3 is 10.2 Å². The van der Waals surface area contributed by atoms with Crippen LogP contribution in [0.1, 0.15) is 56.1 Å². The molecular formula is C24H23ClN4O5S. The van der Waals surface area contributed by atoms with Gasteiger partial charge in [-0.1, -0.05) is 11.6 Å². The molecular weight excluding hydrogens is 492 g/mol. The molecule has 1 aromatic carbocycles. The van der Waals surface area contributed by atoms with Crippen molar-refractivity contribution in [3.63, 3.8) is 0 Å². The van der Waals surface area contributed by atoms with Crippen LogP contribution in [-0.2, 0) is 9.59 Å². The van der Waals surface area contributed by atoms with Crippen molar-refractivity contribution < 1.29 is 24.0 Å². The Morgan fingerprint density at radius 3 is 2.46 bits per heavy atom. The summed E-state index contributed by atoms with van der Waals surface area (Å²) in [6.07, 6.45) is 1.97. The minimum absolute atomic E-state index is 0.0888. The molecule has 1 aromatic heterocycles. The number of halogens is 1. The molecule has 0 spiro atoms. The number of fused-ring (bicyclic) bond motifs is 1. The highest BCUT2D eigenvalue weighted by Gasteiger charge is 2.44. The zero-order valence-electron chi connectivity index (χ0n) is 18.7. The maximum absolute atomic E-state index is 13.1. The predicted molar refractivity (Wildman–Crippen MR) is 130 cm³/mol. The molecule has 5 rings (SSSR count). The monoisotopic (exact) mass is 514 g/mol. The summed E-state index contributed by atoms with van der Waals surface area (Å²) < 4.78 is 0.582. The first kappa shape index (κ1) is 23.5. The molecule has 0 radical (unpaired) electrons. The number of hydrogen-bond acceptors (Lipinski definition) is 7. The molecule has 4 heterocycles. The molecule has 11 heteroatoms. The fourth-order valence-electron chi connectivity index (χ4n) is 4.81. The first-order valence-electron chi connectivity index (χ1n) is 11.5. The van der Waals surface area contributed by atoms with Crippen molar-refractivity contribution in [1.82, 2.24) is 15.5 Å². The Morgan fingerprint density at radius 1 is 1.03 bits per heavy atom. The van der Waals surface area contributed by atoms with Gasteiger partial charge in [-0.3, -0.25) is 34.2 Å².